The molecule has 1 aromatic rings. The Morgan fingerprint density at radius 1 is 1.52 bits per heavy atom. The molecule has 1 aliphatic rings. The van der Waals surface area contributed by atoms with Gasteiger partial charge in [-0.25, -0.2) is 4.98 Å². The van der Waals surface area contributed by atoms with Crippen molar-refractivity contribution in [1.29, 1.82) is 0 Å². The zero-order valence-electron chi connectivity index (χ0n) is 10.6. The Hall–Kier alpha value is -2.52. The van der Waals surface area contributed by atoms with Crippen molar-refractivity contribution in [3.63, 3.8) is 0 Å². The number of hydrogen-bond acceptors (Lipinski definition) is 6. The van der Waals surface area contributed by atoms with Crippen molar-refractivity contribution in [3.8, 4) is 5.88 Å². The number of hydrogen-bond donors (Lipinski definition) is 1. The Morgan fingerprint density at radius 3 is 2.86 bits per heavy atom. The predicted molar refractivity (Wildman–Crippen MR) is 64.4 cm³/mol. The highest BCUT2D eigenvalue weighted by Crippen LogP contribution is 2.21. The van der Waals surface area contributed by atoms with E-state index in [0.717, 1.165) is 12.3 Å². The molecule has 0 radical (unpaired) electrons. The third kappa shape index (κ3) is 4.51. The molecule has 0 saturated carbocycles. The minimum Gasteiger partial charge on any atom is -0.388 e. The van der Waals surface area contributed by atoms with Crippen LogP contribution in [0.25, 0.3) is 0 Å². The number of nitrogens with zero attached hydrogens (tertiary/aromatic N) is 3. The molecule has 0 spiro atoms. The van der Waals surface area contributed by atoms with Gasteiger partial charge in [-0.15, -0.1) is 13.2 Å². The molecule has 1 N–H and O–H groups in total. The number of nitro groups is 1. The minimum absolute atomic E-state index is 0.298. The summed E-state index contributed by atoms with van der Waals surface area (Å²) in [5, 5.41) is 13.3. The Morgan fingerprint density at radius 2 is 2.29 bits per heavy atom. The lowest BCUT2D eigenvalue weighted by molar-refractivity contribution is -0.404. The van der Waals surface area contributed by atoms with E-state index in [1.807, 2.05) is 0 Å². The van der Waals surface area contributed by atoms with Crippen molar-refractivity contribution in [3.05, 3.63) is 46.0 Å². The van der Waals surface area contributed by atoms with E-state index in [9.17, 15) is 23.3 Å². The van der Waals surface area contributed by atoms with E-state index in [1.54, 1.807) is 4.90 Å². The maximum Gasteiger partial charge on any atom is 0.574 e. The number of ether oxygens (including phenoxy) is 1. The van der Waals surface area contributed by atoms with Gasteiger partial charge >= 0.3 is 6.36 Å². The van der Waals surface area contributed by atoms with Crippen molar-refractivity contribution in [1.82, 2.24) is 15.2 Å². The van der Waals surface area contributed by atoms with Gasteiger partial charge in [-0.1, -0.05) is 6.07 Å². The summed E-state index contributed by atoms with van der Waals surface area (Å²) in [4.78, 5) is 15.1. The van der Waals surface area contributed by atoms with E-state index < -0.39 is 17.2 Å². The second kappa shape index (κ2) is 5.85. The molecule has 10 heteroatoms. The predicted octanol–water partition coefficient (Wildman–Crippen LogP) is 1.46. The van der Waals surface area contributed by atoms with Gasteiger partial charge in [-0.2, -0.15) is 0 Å². The van der Waals surface area contributed by atoms with E-state index in [-0.39, 0.29) is 0 Å². The number of aromatic nitrogens is 1. The van der Waals surface area contributed by atoms with Crippen molar-refractivity contribution < 1.29 is 22.8 Å². The number of rotatable bonds is 4. The van der Waals surface area contributed by atoms with Crippen molar-refractivity contribution in [2.45, 2.75) is 12.9 Å². The van der Waals surface area contributed by atoms with Gasteiger partial charge in [0.1, 0.15) is 0 Å². The van der Waals surface area contributed by atoms with Crippen LogP contribution in [0.5, 0.6) is 5.88 Å². The van der Waals surface area contributed by atoms with Crippen LogP contribution in [0.4, 0.5) is 13.2 Å². The molecule has 0 amide bonds. The van der Waals surface area contributed by atoms with Crippen molar-refractivity contribution in [2.75, 3.05) is 13.1 Å². The van der Waals surface area contributed by atoms with Gasteiger partial charge in [0.15, 0.2) is 5.82 Å². The van der Waals surface area contributed by atoms with Gasteiger partial charge in [0.25, 0.3) is 6.20 Å². The minimum atomic E-state index is -4.78. The first-order valence-corrected chi connectivity index (χ1v) is 5.88. The molecule has 2 rings (SSSR count). The lowest BCUT2D eigenvalue weighted by atomic mass is 10.2. The van der Waals surface area contributed by atoms with Gasteiger partial charge in [-0.3, -0.25) is 10.1 Å². The van der Waals surface area contributed by atoms with E-state index >= 15 is 0 Å². The highest BCUT2D eigenvalue weighted by molar-refractivity contribution is 5.19. The molecular weight excluding hydrogens is 293 g/mol. The summed E-state index contributed by atoms with van der Waals surface area (Å²) in [6.45, 7) is 1.41. The van der Waals surface area contributed by atoms with Gasteiger partial charge < -0.3 is 15.0 Å². The third-order valence-corrected chi connectivity index (χ3v) is 2.65. The van der Waals surface area contributed by atoms with E-state index in [2.05, 4.69) is 15.0 Å². The molecule has 1 fully saturated rings. The molecule has 1 saturated heterocycles. The zero-order valence-corrected chi connectivity index (χ0v) is 10.6. The van der Waals surface area contributed by atoms with E-state index in [4.69, 9.17) is 0 Å². The van der Waals surface area contributed by atoms with Gasteiger partial charge in [0.2, 0.25) is 5.88 Å². The van der Waals surface area contributed by atoms with Gasteiger partial charge in [0.05, 0.1) is 4.92 Å². The lowest BCUT2D eigenvalue weighted by Gasteiger charge is -2.17. The fraction of sp³-hybridized carbons (Fsp3) is 0.364. The lowest BCUT2D eigenvalue weighted by Crippen LogP contribution is -2.21. The second-order valence-electron chi connectivity index (χ2n) is 4.20. The van der Waals surface area contributed by atoms with Crippen LogP contribution in [0.15, 0.2) is 30.4 Å². The van der Waals surface area contributed by atoms with Crippen LogP contribution >= 0.6 is 0 Å². The second-order valence-corrected chi connectivity index (χ2v) is 4.20. The summed E-state index contributed by atoms with van der Waals surface area (Å²) in [5.41, 5.74) is 0.613. The van der Waals surface area contributed by atoms with Gasteiger partial charge in [-0.05, 0) is 5.56 Å². The van der Waals surface area contributed by atoms with Crippen LogP contribution in [0.3, 0.4) is 0 Å². The number of halogens is 3. The monoisotopic (exact) mass is 304 g/mol. The molecule has 0 aliphatic carbocycles. The van der Waals surface area contributed by atoms with Crippen molar-refractivity contribution >= 4 is 0 Å². The Kier molecular flexibility index (Phi) is 4.15. The highest BCUT2D eigenvalue weighted by Gasteiger charge is 2.31. The van der Waals surface area contributed by atoms with Crippen LogP contribution in [-0.2, 0) is 6.54 Å². The molecule has 1 aromatic heterocycles. The number of nitrogens with one attached hydrogen (secondary N) is 1. The van der Waals surface area contributed by atoms with Crippen LogP contribution in [0.1, 0.15) is 5.56 Å². The summed E-state index contributed by atoms with van der Waals surface area (Å²) in [6.07, 6.45) is -2.69. The van der Waals surface area contributed by atoms with Crippen molar-refractivity contribution in [2.24, 2.45) is 0 Å². The summed E-state index contributed by atoms with van der Waals surface area (Å²) in [6, 6.07) is 2.53. The summed E-state index contributed by atoms with van der Waals surface area (Å²) in [5.74, 6) is -0.192. The Bertz CT molecular complexity index is 545. The maximum atomic E-state index is 12.0. The first kappa shape index (κ1) is 14.9. The molecule has 0 bridgehead atoms. The molecule has 0 unspecified atom stereocenters. The summed E-state index contributed by atoms with van der Waals surface area (Å²) in [7, 11) is 0. The quantitative estimate of drug-likeness (QED) is 0.670. The molecule has 0 aromatic carbocycles. The smallest absolute Gasteiger partial charge is 0.388 e. The number of pyridine rings is 1. The highest BCUT2D eigenvalue weighted by atomic mass is 19.4. The third-order valence-electron chi connectivity index (χ3n) is 2.65. The average molecular weight is 304 g/mol. The maximum absolute atomic E-state index is 12.0. The van der Waals surface area contributed by atoms with E-state index in [0.29, 0.717) is 31.0 Å². The molecular formula is C11H11F3N4O3. The number of alkyl halides is 3. The van der Waals surface area contributed by atoms with Crippen LogP contribution in [0.2, 0.25) is 0 Å². The molecule has 7 nitrogen and oxygen atoms in total. The van der Waals surface area contributed by atoms with E-state index in [1.165, 1.54) is 12.3 Å². The Labute approximate surface area is 117 Å². The summed E-state index contributed by atoms with van der Waals surface area (Å²) >= 11 is 0. The topological polar surface area (TPSA) is 80.5 Å². The fourth-order valence-corrected chi connectivity index (χ4v) is 1.85. The molecule has 0 atom stereocenters. The Balaban J connectivity index is 2.02. The first-order chi connectivity index (χ1) is 9.83. The summed E-state index contributed by atoms with van der Waals surface area (Å²) < 4.78 is 39.6. The van der Waals surface area contributed by atoms with Crippen LogP contribution < -0.4 is 10.1 Å². The molecule has 21 heavy (non-hydrogen) atoms. The zero-order chi connectivity index (χ0) is 15.5. The largest absolute Gasteiger partial charge is 0.574 e. The molecule has 1 aliphatic heterocycles. The average Bonchev–Trinajstić information content (AvgIpc) is 2.76. The molecule has 114 valence electrons. The molecule has 2 heterocycles. The first-order valence-electron chi connectivity index (χ1n) is 5.88. The van der Waals surface area contributed by atoms with Gasteiger partial charge in [0, 0.05) is 31.9 Å². The SMILES string of the molecule is O=[N+]([O-])C=C1NCCN1Cc1ccc(OC(F)(F)F)nc1. The fourth-order valence-electron chi connectivity index (χ4n) is 1.85. The standard InChI is InChI=1S/C11H11F3N4O3/c12-11(13,14)21-10-2-1-8(5-16-10)6-17-4-3-15-9(17)7-18(19)20/h1-2,5,7,15H,3-4,6H2. The van der Waals surface area contributed by atoms with Crippen LogP contribution in [0, 0.1) is 10.1 Å². The van der Waals surface area contributed by atoms with Crippen LogP contribution in [-0.4, -0.2) is 34.3 Å². The normalized spacial score (nSPS) is 16.9.